The van der Waals surface area contributed by atoms with Crippen LogP contribution in [0.2, 0.25) is 5.02 Å². The van der Waals surface area contributed by atoms with Crippen LogP contribution in [0.25, 0.3) is 11.0 Å². The summed E-state index contributed by atoms with van der Waals surface area (Å²) in [6.45, 7) is 0. The molecule has 13 heavy (non-hydrogen) atoms. The first-order chi connectivity index (χ1) is 6.16. The number of halogens is 1. The number of nitrogens with zero attached hydrogens (tertiary/aromatic N) is 3. The largest absolute Gasteiger partial charge is 0.493 e. The lowest BCUT2D eigenvalue weighted by atomic mass is 10.3. The van der Waals surface area contributed by atoms with Gasteiger partial charge in [0.25, 0.3) is 0 Å². The highest BCUT2D eigenvalue weighted by molar-refractivity contribution is 6.31. The topological polar surface area (TPSA) is 79.1 Å². The SMILES string of the molecule is Oc1nc(O)c2cc(Cl)cnc2n1. The Labute approximate surface area is 77.7 Å². The third kappa shape index (κ3) is 1.33. The summed E-state index contributed by atoms with van der Waals surface area (Å²) >= 11 is 5.64. The molecule has 2 heterocycles. The van der Waals surface area contributed by atoms with Crippen LogP contribution in [0.4, 0.5) is 0 Å². The van der Waals surface area contributed by atoms with Gasteiger partial charge >= 0.3 is 6.01 Å². The van der Waals surface area contributed by atoms with Crippen LogP contribution in [-0.2, 0) is 0 Å². The lowest BCUT2D eigenvalue weighted by molar-refractivity contribution is 0.403. The summed E-state index contributed by atoms with van der Waals surface area (Å²) < 4.78 is 0. The molecule has 0 bridgehead atoms. The number of aromatic hydroxyl groups is 2. The summed E-state index contributed by atoms with van der Waals surface area (Å²) in [5.74, 6) is -0.336. The smallest absolute Gasteiger partial charge is 0.319 e. The van der Waals surface area contributed by atoms with Crippen molar-refractivity contribution >= 4 is 22.6 Å². The van der Waals surface area contributed by atoms with Crippen molar-refractivity contribution in [1.29, 1.82) is 0 Å². The molecule has 0 aliphatic rings. The summed E-state index contributed by atoms with van der Waals surface area (Å²) in [5.41, 5.74) is 0.203. The second-order valence-corrected chi connectivity index (χ2v) is 2.81. The van der Waals surface area contributed by atoms with Gasteiger partial charge in [0.15, 0.2) is 5.65 Å². The van der Waals surface area contributed by atoms with Gasteiger partial charge in [-0.3, -0.25) is 0 Å². The fourth-order valence-electron chi connectivity index (χ4n) is 0.960. The van der Waals surface area contributed by atoms with Crippen LogP contribution in [-0.4, -0.2) is 25.2 Å². The number of hydrogen-bond acceptors (Lipinski definition) is 5. The standard InChI is InChI=1S/C7H4ClN3O2/c8-3-1-4-5(9-2-3)10-7(13)11-6(4)12/h1-2H,(H2,9,10,11,12,13). The molecule has 0 aliphatic heterocycles. The Morgan fingerprint density at radius 3 is 2.77 bits per heavy atom. The Bertz CT molecular complexity index is 474. The van der Waals surface area contributed by atoms with Gasteiger partial charge in [-0.15, -0.1) is 0 Å². The predicted molar refractivity (Wildman–Crippen MR) is 45.7 cm³/mol. The molecule has 0 amide bonds. The summed E-state index contributed by atoms with van der Waals surface area (Å²) in [6.07, 6.45) is 1.37. The van der Waals surface area contributed by atoms with Crippen molar-refractivity contribution in [1.82, 2.24) is 15.0 Å². The Balaban J connectivity index is 2.87. The maximum Gasteiger partial charge on any atom is 0.319 e. The van der Waals surface area contributed by atoms with E-state index in [-0.39, 0.29) is 11.5 Å². The van der Waals surface area contributed by atoms with Gasteiger partial charge < -0.3 is 10.2 Å². The molecule has 0 unspecified atom stereocenters. The number of fused-ring (bicyclic) bond motifs is 1. The third-order valence-electron chi connectivity index (χ3n) is 1.49. The van der Waals surface area contributed by atoms with Crippen LogP contribution < -0.4 is 0 Å². The number of rotatable bonds is 0. The Kier molecular flexibility index (Phi) is 1.66. The van der Waals surface area contributed by atoms with Gasteiger partial charge in [0.05, 0.1) is 10.4 Å². The fourth-order valence-corrected chi connectivity index (χ4v) is 1.12. The lowest BCUT2D eigenvalue weighted by Gasteiger charge is -1.98. The Morgan fingerprint density at radius 2 is 2.00 bits per heavy atom. The minimum Gasteiger partial charge on any atom is -0.493 e. The van der Waals surface area contributed by atoms with Crippen molar-refractivity contribution in [2.24, 2.45) is 0 Å². The Hall–Kier alpha value is -1.62. The monoisotopic (exact) mass is 197 g/mol. The molecule has 5 nitrogen and oxygen atoms in total. The number of hydrogen-bond donors (Lipinski definition) is 2. The average molecular weight is 198 g/mol. The Morgan fingerprint density at radius 1 is 1.23 bits per heavy atom. The average Bonchev–Trinajstić information content (AvgIpc) is 2.06. The zero-order chi connectivity index (χ0) is 9.42. The maximum atomic E-state index is 9.27. The van der Waals surface area contributed by atoms with Crippen molar-refractivity contribution in [3.05, 3.63) is 17.3 Å². The molecule has 6 heteroatoms. The highest BCUT2D eigenvalue weighted by Gasteiger charge is 2.06. The van der Waals surface area contributed by atoms with Crippen molar-refractivity contribution in [3.8, 4) is 11.9 Å². The molecule has 0 saturated heterocycles. The second kappa shape index (κ2) is 2.70. The van der Waals surface area contributed by atoms with Gasteiger partial charge in [0, 0.05) is 6.20 Å². The summed E-state index contributed by atoms with van der Waals surface area (Å²) in [5, 5.41) is 18.9. The van der Waals surface area contributed by atoms with Gasteiger partial charge in [-0.25, -0.2) is 4.98 Å². The van der Waals surface area contributed by atoms with Crippen molar-refractivity contribution in [3.63, 3.8) is 0 Å². The van der Waals surface area contributed by atoms with Gasteiger partial charge in [-0.05, 0) is 6.07 Å². The molecule has 0 radical (unpaired) electrons. The van der Waals surface area contributed by atoms with E-state index in [0.717, 1.165) is 0 Å². The van der Waals surface area contributed by atoms with E-state index in [1.165, 1.54) is 12.3 Å². The zero-order valence-corrected chi connectivity index (χ0v) is 7.02. The summed E-state index contributed by atoms with van der Waals surface area (Å²) in [6, 6.07) is 0.957. The van der Waals surface area contributed by atoms with Crippen LogP contribution in [0, 0.1) is 0 Å². The van der Waals surface area contributed by atoms with Crippen molar-refractivity contribution < 1.29 is 10.2 Å². The van der Waals surface area contributed by atoms with E-state index in [1.54, 1.807) is 0 Å². The molecule has 0 aromatic carbocycles. The summed E-state index contributed by atoms with van der Waals surface area (Å²) in [4.78, 5) is 10.7. The molecule has 0 saturated carbocycles. The molecule has 0 fully saturated rings. The zero-order valence-electron chi connectivity index (χ0n) is 6.27. The minimum atomic E-state index is -0.514. The first kappa shape index (κ1) is 8.00. The van der Waals surface area contributed by atoms with E-state index >= 15 is 0 Å². The van der Waals surface area contributed by atoms with Crippen LogP contribution in [0.1, 0.15) is 0 Å². The highest BCUT2D eigenvalue weighted by Crippen LogP contribution is 2.23. The van der Waals surface area contributed by atoms with Crippen molar-refractivity contribution in [2.45, 2.75) is 0 Å². The first-order valence-electron chi connectivity index (χ1n) is 3.38. The molecule has 0 atom stereocenters. The van der Waals surface area contributed by atoms with Crippen LogP contribution in [0.5, 0.6) is 11.9 Å². The second-order valence-electron chi connectivity index (χ2n) is 2.37. The van der Waals surface area contributed by atoms with Crippen LogP contribution in [0.3, 0.4) is 0 Å². The molecule has 66 valence electrons. The van der Waals surface area contributed by atoms with E-state index in [9.17, 15) is 5.11 Å². The quantitative estimate of drug-likeness (QED) is 0.661. The van der Waals surface area contributed by atoms with E-state index < -0.39 is 6.01 Å². The van der Waals surface area contributed by atoms with Gasteiger partial charge in [-0.2, -0.15) is 9.97 Å². The normalized spacial score (nSPS) is 10.5. The van der Waals surface area contributed by atoms with E-state index in [1.807, 2.05) is 0 Å². The van der Waals surface area contributed by atoms with E-state index in [2.05, 4.69) is 15.0 Å². The van der Waals surface area contributed by atoms with Crippen molar-refractivity contribution in [2.75, 3.05) is 0 Å². The molecular formula is C7H4ClN3O2. The maximum absolute atomic E-state index is 9.27. The minimum absolute atomic E-state index is 0.203. The molecule has 2 N–H and O–H groups in total. The molecule has 0 aliphatic carbocycles. The molecule has 2 aromatic heterocycles. The van der Waals surface area contributed by atoms with Crippen LogP contribution >= 0.6 is 11.6 Å². The van der Waals surface area contributed by atoms with Gasteiger partial charge in [-0.1, -0.05) is 11.6 Å². The van der Waals surface area contributed by atoms with Gasteiger partial charge in [0.2, 0.25) is 5.88 Å². The number of pyridine rings is 1. The summed E-state index contributed by atoms with van der Waals surface area (Å²) in [7, 11) is 0. The molecular weight excluding hydrogens is 194 g/mol. The first-order valence-corrected chi connectivity index (χ1v) is 3.76. The fraction of sp³-hybridized carbons (Fsp3) is 0. The molecule has 0 spiro atoms. The third-order valence-corrected chi connectivity index (χ3v) is 1.69. The van der Waals surface area contributed by atoms with E-state index in [4.69, 9.17) is 16.7 Å². The van der Waals surface area contributed by atoms with E-state index in [0.29, 0.717) is 10.4 Å². The predicted octanol–water partition coefficient (Wildman–Crippen LogP) is 1.09. The van der Waals surface area contributed by atoms with Gasteiger partial charge in [0.1, 0.15) is 0 Å². The molecule has 2 aromatic rings. The lowest BCUT2D eigenvalue weighted by Crippen LogP contribution is -1.87. The van der Waals surface area contributed by atoms with Crippen LogP contribution in [0.15, 0.2) is 12.3 Å². The highest BCUT2D eigenvalue weighted by atomic mass is 35.5. The number of aromatic nitrogens is 3. The molecule has 2 rings (SSSR count).